The van der Waals surface area contributed by atoms with Crippen molar-refractivity contribution in [2.45, 2.75) is 25.2 Å². The predicted molar refractivity (Wildman–Crippen MR) is 77.0 cm³/mol. The molecule has 0 radical (unpaired) electrons. The molecule has 0 saturated carbocycles. The predicted octanol–water partition coefficient (Wildman–Crippen LogP) is 2.38. The molecule has 0 fully saturated rings. The number of nitrogens with zero attached hydrogens (tertiary/aromatic N) is 2. The standard InChI is InChI=1S/C15H12F3N3O3/c1-8-7-14(23,15(16,17)18)21(20-8)13(22)10-6-9-4-2-3-5-11(9)24-12(10)19/h2-6,19,23H,7H2,1H3. The Bertz CT molecular complexity index is 919. The normalized spacial score (nSPS) is 21.2. The number of amides is 1. The lowest BCUT2D eigenvalue weighted by Crippen LogP contribution is -2.57. The van der Waals surface area contributed by atoms with E-state index in [1.54, 1.807) is 24.3 Å². The zero-order chi connectivity index (χ0) is 17.7. The summed E-state index contributed by atoms with van der Waals surface area (Å²) in [5, 5.41) is 21.6. The van der Waals surface area contributed by atoms with Gasteiger partial charge in [-0.2, -0.15) is 23.3 Å². The first kappa shape index (κ1) is 16.2. The second-order valence-electron chi connectivity index (χ2n) is 5.47. The van der Waals surface area contributed by atoms with Gasteiger partial charge in [-0.25, -0.2) is 0 Å². The molecule has 1 amide bonds. The van der Waals surface area contributed by atoms with Crippen molar-refractivity contribution in [3.63, 3.8) is 0 Å². The van der Waals surface area contributed by atoms with E-state index in [-0.39, 0.29) is 10.7 Å². The van der Waals surface area contributed by atoms with E-state index in [1.807, 2.05) is 0 Å². The van der Waals surface area contributed by atoms with Crippen LogP contribution in [0.15, 0.2) is 39.9 Å². The highest BCUT2D eigenvalue weighted by Gasteiger charge is 2.62. The number of fused-ring (bicyclic) bond motifs is 1. The number of carbonyl (C=O) groups excluding carboxylic acids is 1. The van der Waals surface area contributed by atoms with Crippen LogP contribution >= 0.6 is 0 Å². The maximum atomic E-state index is 13.2. The van der Waals surface area contributed by atoms with Crippen LogP contribution in [-0.2, 0) is 0 Å². The van der Waals surface area contributed by atoms with Crippen molar-refractivity contribution in [1.82, 2.24) is 5.01 Å². The third-order valence-corrected chi connectivity index (χ3v) is 3.68. The van der Waals surface area contributed by atoms with Crippen LogP contribution in [0.1, 0.15) is 23.7 Å². The molecule has 2 heterocycles. The third kappa shape index (κ3) is 2.37. The molecule has 1 aromatic carbocycles. The number of alkyl halides is 3. The topological polar surface area (TPSA) is 89.9 Å². The lowest BCUT2D eigenvalue weighted by atomic mass is 10.1. The van der Waals surface area contributed by atoms with Crippen LogP contribution in [0, 0.1) is 5.41 Å². The largest absolute Gasteiger partial charge is 0.438 e. The molecule has 0 bridgehead atoms. The number of benzene rings is 1. The molecule has 1 aromatic heterocycles. The minimum absolute atomic E-state index is 0.0278. The van der Waals surface area contributed by atoms with Crippen molar-refractivity contribution < 1.29 is 27.5 Å². The van der Waals surface area contributed by atoms with Crippen molar-refractivity contribution in [1.29, 1.82) is 5.41 Å². The highest BCUT2D eigenvalue weighted by atomic mass is 19.4. The second-order valence-corrected chi connectivity index (χ2v) is 5.47. The summed E-state index contributed by atoms with van der Waals surface area (Å²) in [6.45, 7) is 1.27. The number of nitrogens with one attached hydrogen (secondary N) is 1. The maximum absolute atomic E-state index is 13.2. The molecule has 1 aliphatic rings. The number of hydrogen-bond acceptors (Lipinski definition) is 5. The lowest BCUT2D eigenvalue weighted by Gasteiger charge is -2.32. The Morgan fingerprint density at radius 3 is 2.75 bits per heavy atom. The van der Waals surface area contributed by atoms with Crippen LogP contribution in [-0.4, -0.2) is 33.6 Å². The zero-order valence-electron chi connectivity index (χ0n) is 12.4. The molecular weight excluding hydrogens is 327 g/mol. The molecule has 3 rings (SSSR count). The van der Waals surface area contributed by atoms with E-state index >= 15 is 0 Å². The van der Waals surface area contributed by atoms with Gasteiger partial charge < -0.3 is 9.52 Å². The molecule has 24 heavy (non-hydrogen) atoms. The minimum Gasteiger partial charge on any atom is -0.438 e. The van der Waals surface area contributed by atoms with Gasteiger partial charge in [0.05, 0.1) is 0 Å². The highest BCUT2D eigenvalue weighted by molar-refractivity contribution is 5.99. The first-order valence-electron chi connectivity index (χ1n) is 6.89. The van der Waals surface area contributed by atoms with Gasteiger partial charge in [0.1, 0.15) is 11.1 Å². The molecule has 0 spiro atoms. The number of carbonyl (C=O) groups is 1. The van der Waals surface area contributed by atoms with Gasteiger partial charge in [0, 0.05) is 17.5 Å². The van der Waals surface area contributed by atoms with Gasteiger partial charge in [-0.15, -0.1) is 0 Å². The number of rotatable bonds is 1. The van der Waals surface area contributed by atoms with Crippen molar-refractivity contribution in [2.24, 2.45) is 5.10 Å². The van der Waals surface area contributed by atoms with E-state index in [4.69, 9.17) is 9.83 Å². The first-order chi connectivity index (χ1) is 11.1. The Hall–Kier alpha value is -2.68. The number of hydrazone groups is 1. The second kappa shape index (κ2) is 5.17. The van der Waals surface area contributed by atoms with Crippen molar-refractivity contribution in [3.8, 4) is 0 Å². The van der Waals surface area contributed by atoms with Crippen LogP contribution < -0.4 is 5.55 Å². The van der Waals surface area contributed by atoms with Gasteiger partial charge in [-0.05, 0) is 19.1 Å². The Kier molecular flexibility index (Phi) is 3.48. The van der Waals surface area contributed by atoms with Crippen molar-refractivity contribution in [2.75, 3.05) is 0 Å². The summed E-state index contributed by atoms with van der Waals surface area (Å²) in [4.78, 5) is 12.5. The fourth-order valence-corrected chi connectivity index (χ4v) is 2.51. The van der Waals surface area contributed by atoms with Crippen LogP contribution in [0.4, 0.5) is 13.2 Å². The molecule has 1 aliphatic heterocycles. The Balaban J connectivity index is 2.11. The monoisotopic (exact) mass is 339 g/mol. The average molecular weight is 339 g/mol. The van der Waals surface area contributed by atoms with Gasteiger partial charge in [0.2, 0.25) is 5.55 Å². The summed E-state index contributed by atoms with van der Waals surface area (Å²) < 4.78 is 44.8. The highest BCUT2D eigenvalue weighted by Crippen LogP contribution is 2.40. The Morgan fingerprint density at radius 2 is 2.08 bits per heavy atom. The third-order valence-electron chi connectivity index (χ3n) is 3.68. The molecule has 0 aliphatic carbocycles. The van der Waals surface area contributed by atoms with Gasteiger partial charge in [-0.1, -0.05) is 18.2 Å². The van der Waals surface area contributed by atoms with E-state index in [1.165, 1.54) is 13.0 Å². The van der Waals surface area contributed by atoms with Crippen molar-refractivity contribution in [3.05, 3.63) is 41.4 Å². The lowest BCUT2D eigenvalue weighted by molar-refractivity contribution is -0.297. The van der Waals surface area contributed by atoms with E-state index < -0.39 is 35.3 Å². The van der Waals surface area contributed by atoms with Crippen LogP contribution in [0.25, 0.3) is 11.0 Å². The summed E-state index contributed by atoms with van der Waals surface area (Å²) in [5.41, 5.74) is -4.21. The number of aliphatic hydroxyl groups is 1. The number of hydrogen-bond donors (Lipinski definition) is 2. The minimum atomic E-state index is -5.10. The SMILES string of the molecule is CC1=NN(C(=O)c2cc3ccccc3oc2=N)C(O)(C(F)(F)F)C1. The number of para-hydroxylation sites is 1. The smallest absolute Gasteiger partial charge is 0.438 e. The summed E-state index contributed by atoms with van der Waals surface area (Å²) >= 11 is 0. The molecule has 126 valence electrons. The summed E-state index contributed by atoms with van der Waals surface area (Å²) in [6.07, 6.45) is -5.94. The Labute approximate surface area is 133 Å². The van der Waals surface area contributed by atoms with E-state index in [0.717, 1.165) is 0 Å². The van der Waals surface area contributed by atoms with Crippen molar-refractivity contribution >= 4 is 22.6 Å². The summed E-state index contributed by atoms with van der Waals surface area (Å²) in [6, 6.07) is 7.70. The summed E-state index contributed by atoms with van der Waals surface area (Å²) in [7, 11) is 0. The number of halogens is 3. The molecule has 2 N–H and O–H groups in total. The summed E-state index contributed by atoms with van der Waals surface area (Å²) in [5.74, 6) is -1.26. The van der Waals surface area contributed by atoms with Gasteiger partial charge in [0.25, 0.3) is 11.6 Å². The Morgan fingerprint density at radius 1 is 1.42 bits per heavy atom. The fourth-order valence-electron chi connectivity index (χ4n) is 2.51. The zero-order valence-corrected chi connectivity index (χ0v) is 12.4. The molecule has 0 saturated heterocycles. The van der Waals surface area contributed by atoms with Gasteiger partial charge in [-0.3, -0.25) is 10.2 Å². The van der Waals surface area contributed by atoms with Crippen LogP contribution in [0.2, 0.25) is 0 Å². The molecular formula is C15H12F3N3O3. The van der Waals surface area contributed by atoms with Gasteiger partial charge >= 0.3 is 6.18 Å². The van der Waals surface area contributed by atoms with E-state index in [0.29, 0.717) is 11.0 Å². The first-order valence-corrected chi connectivity index (χ1v) is 6.89. The molecule has 1 unspecified atom stereocenters. The average Bonchev–Trinajstić information content (AvgIpc) is 2.81. The fraction of sp³-hybridized carbons (Fsp3) is 0.267. The molecule has 9 heteroatoms. The molecule has 1 atom stereocenters. The van der Waals surface area contributed by atoms with Crippen LogP contribution in [0.5, 0.6) is 0 Å². The van der Waals surface area contributed by atoms with Crippen LogP contribution in [0.3, 0.4) is 0 Å². The van der Waals surface area contributed by atoms with E-state index in [9.17, 15) is 23.1 Å². The molecule has 6 nitrogen and oxygen atoms in total. The maximum Gasteiger partial charge on any atom is 0.438 e. The quantitative estimate of drug-likeness (QED) is 0.836. The van der Waals surface area contributed by atoms with E-state index in [2.05, 4.69) is 5.10 Å². The molecule has 2 aromatic rings. The van der Waals surface area contributed by atoms with Gasteiger partial charge in [0.15, 0.2) is 0 Å².